The number of aliphatic hydroxyl groups excluding tert-OH is 1. The summed E-state index contributed by atoms with van der Waals surface area (Å²) in [5.41, 5.74) is 2.23. The lowest BCUT2D eigenvalue weighted by atomic mass is 9.88. The highest BCUT2D eigenvalue weighted by molar-refractivity contribution is 5.89. The second-order valence-corrected chi connectivity index (χ2v) is 7.00. The summed E-state index contributed by atoms with van der Waals surface area (Å²) in [6, 6.07) is 7.44. The molecule has 0 bridgehead atoms. The summed E-state index contributed by atoms with van der Waals surface area (Å²) in [4.78, 5) is 11.2. The number of hydrogen-bond donors (Lipinski definition) is 2. The van der Waals surface area contributed by atoms with Crippen LogP contribution in [0, 0.1) is 6.92 Å². The van der Waals surface area contributed by atoms with Gasteiger partial charge in [-0.1, -0.05) is 11.6 Å². The summed E-state index contributed by atoms with van der Waals surface area (Å²) in [7, 11) is 0. The highest BCUT2D eigenvalue weighted by Crippen LogP contribution is 2.29. The quantitative estimate of drug-likeness (QED) is 0.911. The number of aromatic nitrogens is 2. The number of rotatable bonds is 3. The molecular weight excluding hydrogens is 288 g/mol. The Kier molecular flexibility index (Phi) is 3.91. The number of nitrogens with zero attached hydrogens (tertiary/aromatic N) is 3. The van der Waals surface area contributed by atoms with Crippen LogP contribution in [-0.2, 0) is 0 Å². The predicted octanol–water partition coefficient (Wildman–Crippen LogP) is 2.34. The molecule has 122 valence electrons. The van der Waals surface area contributed by atoms with Crippen LogP contribution in [0.2, 0.25) is 0 Å². The maximum atomic E-state index is 9.45. The van der Waals surface area contributed by atoms with Crippen LogP contribution < -0.4 is 5.32 Å². The van der Waals surface area contributed by atoms with Crippen LogP contribution in [0.5, 0.6) is 0 Å². The zero-order valence-corrected chi connectivity index (χ0v) is 13.6. The minimum Gasteiger partial charge on any atom is -0.390 e. The summed E-state index contributed by atoms with van der Waals surface area (Å²) in [5, 5.41) is 14.2. The highest BCUT2D eigenvalue weighted by atomic mass is 16.3. The molecule has 0 unspecified atom stereocenters. The molecule has 1 aromatic carbocycles. The summed E-state index contributed by atoms with van der Waals surface area (Å²) >= 11 is 0. The Balaban J connectivity index is 1.42. The van der Waals surface area contributed by atoms with E-state index in [9.17, 15) is 5.11 Å². The molecule has 5 heteroatoms. The van der Waals surface area contributed by atoms with Crippen molar-refractivity contribution in [3.63, 3.8) is 0 Å². The van der Waals surface area contributed by atoms with E-state index in [1.807, 2.05) is 0 Å². The minimum atomic E-state index is -0.0959. The van der Waals surface area contributed by atoms with Gasteiger partial charge in [-0.25, -0.2) is 9.97 Å². The monoisotopic (exact) mass is 312 g/mol. The minimum absolute atomic E-state index is 0.0959. The molecule has 4 rings (SSSR count). The molecule has 2 aliphatic rings. The molecule has 1 saturated carbocycles. The van der Waals surface area contributed by atoms with Gasteiger partial charge in [0.1, 0.15) is 12.1 Å². The smallest absolute Gasteiger partial charge is 0.137 e. The van der Waals surface area contributed by atoms with Crippen LogP contribution in [0.3, 0.4) is 0 Å². The fourth-order valence-corrected chi connectivity index (χ4v) is 3.85. The molecule has 0 radical (unpaired) electrons. The Labute approximate surface area is 136 Å². The zero-order chi connectivity index (χ0) is 15.8. The lowest BCUT2D eigenvalue weighted by Gasteiger charge is -2.44. The fraction of sp³-hybridized carbons (Fsp3) is 0.556. The molecule has 2 heterocycles. The van der Waals surface area contributed by atoms with E-state index in [4.69, 9.17) is 0 Å². The van der Waals surface area contributed by atoms with Crippen LogP contribution in [0.1, 0.15) is 31.2 Å². The topological polar surface area (TPSA) is 61.3 Å². The number of aliphatic hydroxyl groups is 1. The van der Waals surface area contributed by atoms with E-state index in [1.165, 1.54) is 18.4 Å². The van der Waals surface area contributed by atoms with Crippen molar-refractivity contribution in [2.45, 2.75) is 50.8 Å². The molecule has 1 saturated heterocycles. The Hall–Kier alpha value is -1.72. The summed E-state index contributed by atoms with van der Waals surface area (Å²) in [6.45, 7) is 3.82. The van der Waals surface area contributed by atoms with E-state index in [0.29, 0.717) is 12.1 Å². The van der Waals surface area contributed by atoms with E-state index in [2.05, 4.69) is 45.3 Å². The molecule has 1 aromatic heterocycles. The maximum absolute atomic E-state index is 9.45. The van der Waals surface area contributed by atoms with E-state index < -0.39 is 0 Å². The van der Waals surface area contributed by atoms with Crippen LogP contribution in [-0.4, -0.2) is 51.3 Å². The van der Waals surface area contributed by atoms with Crippen LogP contribution in [0.4, 0.5) is 5.82 Å². The second-order valence-electron chi connectivity index (χ2n) is 7.00. The van der Waals surface area contributed by atoms with Gasteiger partial charge in [-0.05, 0) is 44.7 Å². The Morgan fingerprint density at radius 1 is 1.13 bits per heavy atom. The van der Waals surface area contributed by atoms with Crippen molar-refractivity contribution in [2.75, 3.05) is 18.4 Å². The van der Waals surface area contributed by atoms with Gasteiger partial charge in [-0.3, -0.25) is 4.90 Å². The predicted molar refractivity (Wildman–Crippen MR) is 91.5 cm³/mol. The van der Waals surface area contributed by atoms with Crippen molar-refractivity contribution < 1.29 is 5.11 Å². The van der Waals surface area contributed by atoms with Crippen LogP contribution in [0.15, 0.2) is 24.5 Å². The molecular formula is C18H24N4O. The van der Waals surface area contributed by atoms with Gasteiger partial charge < -0.3 is 10.4 Å². The number of benzene rings is 1. The molecule has 23 heavy (non-hydrogen) atoms. The van der Waals surface area contributed by atoms with E-state index in [-0.39, 0.29) is 6.10 Å². The van der Waals surface area contributed by atoms with Crippen LogP contribution in [0.25, 0.3) is 10.9 Å². The van der Waals surface area contributed by atoms with Gasteiger partial charge in [-0.15, -0.1) is 0 Å². The number of aryl methyl sites for hydroxylation is 1. The van der Waals surface area contributed by atoms with Crippen molar-refractivity contribution in [1.82, 2.24) is 14.9 Å². The first-order valence-electron chi connectivity index (χ1n) is 8.59. The maximum Gasteiger partial charge on any atom is 0.137 e. The molecule has 0 atom stereocenters. The SMILES string of the molecule is Cc1ccc2ncnc(NC3CCC(N4CC(O)C4)CC3)c2c1. The molecule has 2 aromatic rings. The van der Waals surface area contributed by atoms with Gasteiger partial charge in [0, 0.05) is 30.6 Å². The van der Waals surface area contributed by atoms with Gasteiger partial charge in [0.05, 0.1) is 11.6 Å². The fourth-order valence-electron chi connectivity index (χ4n) is 3.85. The Morgan fingerprint density at radius 2 is 1.91 bits per heavy atom. The highest BCUT2D eigenvalue weighted by Gasteiger charge is 2.33. The Morgan fingerprint density at radius 3 is 2.65 bits per heavy atom. The first kappa shape index (κ1) is 14.8. The Bertz CT molecular complexity index is 690. The third-order valence-electron chi connectivity index (χ3n) is 5.24. The average Bonchev–Trinajstić information content (AvgIpc) is 2.53. The third-order valence-corrected chi connectivity index (χ3v) is 5.24. The third kappa shape index (κ3) is 3.03. The molecule has 2 fully saturated rings. The number of nitrogens with one attached hydrogen (secondary N) is 1. The second kappa shape index (κ2) is 6.06. The largest absolute Gasteiger partial charge is 0.390 e. The van der Waals surface area contributed by atoms with Crippen molar-refractivity contribution >= 4 is 16.7 Å². The number of β-amino-alcohol motifs (C(OH)–C–C–N with tert-alkyl or cyclic N) is 1. The molecule has 2 N–H and O–H groups in total. The van der Waals surface area contributed by atoms with Gasteiger partial charge in [-0.2, -0.15) is 0 Å². The standard InChI is InChI=1S/C18H24N4O/c1-12-2-7-17-16(8-12)18(20-11-19-17)21-13-3-5-14(6-4-13)22-9-15(23)10-22/h2,7-8,11,13-15,23H,3-6,9-10H2,1H3,(H,19,20,21). The van der Waals surface area contributed by atoms with Gasteiger partial charge in [0.25, 0.3) is 0 Å². The first-order valence-corrected chi connectivity index (χ1v) is 8.59. The number of anilines is 1. The van der Waals surface area contributed by atoms with E-state index in [0.717, 1.165) is 42.7 Å². The summed E-state index contributed by atoms with van der Waals surface area (Å²) in [5.74, 6) is 0.960. The molecule has 1 aliphatic carbocycles. The lowest BCUT2D eigenvalue weighted by Crippen LogP contribution is -2.56. The normalized spacial score (nSPS) is 26.2. The molecule has 1 aliphatic heterocycles. The van der Waals surface area contributed by atoms with Crippen molar-refractivity contribution in [1.29, 1.82) is 0 Å². The molecule has 0 amide bonds. The van der Waals surface area contributed by atoms with Gasteiger partial charge >= 0.3 is 0 Å². The lowest BCUT2D eigenvalue weighted by molar-refractivity contribution is -0.0337. The molecule has 0 spiro atoms. The number of fused-ring (bicyclic) bond motifs is 1. The molecule has 5 nitrogen and oxygen atoms in total. The van der Waals surface area contributed by atoms with E-state index in [1.54, 1.807) is 6.33 Å². The summed E-state index contributed by atoms with van der Waals surface area (Å²) in [6.07, 6.45) is 6.27. The van der Waals surface area contributed by atoms with Crippen LogP contribution >= 0.6 is 0 Å². The number of likely N-dealkylation sites (tertiary alicyclic amines) is 1. The van der Waals surface area contributed by atoms with Gasteiger partial charge in [0.15, 0.2) is 0 Å². The summed E-state index contributed by atoms with van der Waals surface area (Å²) < 4.78 is 0. The average molecular weight is 312 g/mol. The number of hydrogen-bond acceptors (Lipinski definition) is 5. The van der Waals surface area contributed by atoms with Crippen molar-refractivity contribution in [3.8, 4) is 0 Å². The van der Waals surface area contributed by atoms with Gasteiger partial charge in [0.2, 0.25) is 0 Å². The van der Waals surface area contributed by atoms with E-state index >= 15 is 0 Å². The zero-order valence-electron chi connectivity index (χ0n) is 13.6. The van der Waals surface area contributed by atoms with Crippen molar-refractivity contribution in [2.24, 2.45) is 0 Å². The van der Waals surface area contributed by atoms with Crippen molar-refractivity contribution in [3.05, 3.63) is 30.1 Å². The first-order chi connectivity index (χ1) is 11.2.